The van der Waals surface area contributed by atoms with Crippen molar-refractivity contribution in [1.82, 2.24) is 10.6 Å². The maximum absolute atomic E-state index is 12.0. The van der Waals surface area contributed by atoms with Crippen molar-refractivity contribution in [3.8, 4) is 0 Å². The molecule has 0 heterocycles. The first kappa shape index (κ1) is 18.2. The highest BCUT2D eigenvalue weighted by molar-refractivity contribution is 5.97. The fraction of sp³-hybridized carbons (Fsp3) is 0.529. The average molecular weight is 306 g/mol. The van der Waals surface area contributed by atoms with Crippen molar-refractivity contribution in [2.24, 2.45) is 5.92 Å². The van der Waals surface area contributed by atoms with Gasteiger partial charge in [-0.3, -0.25) is 9.59 Å². The molecule has 22 heavy (non-hydrogen) atoms. The predicted molar refractivity (Wildman–Crippen MR) is 86.6 cm³/mol. The molecule has 5 nitrogen and oxygen atoms in total. The molecule has 0 saturated heterocycles. The maximum atomic E-state index is 12.0. The largest absolute Gasteiger partial charge is 0.391 e. The van der Waals surface area contributed by atoms with Gasteiger partial charge in [-0.25, -0.2) is 0 Å². The van der Waals surface area contributed by atoms with Gasteiger partial charge in [0.2, 0.25) is 5.91 Å². The molecule has 0 saturated carbocycles. The topological polar surface area (TPSA) is 78.4 Å². The monoisotopic (exact) mass is 306 g/mol. The van der Waals surface area contributed by atoms with E-state index in [4.69, 9.17) is 0 Å². The molecular formula is C17H26N2O3. The number of nitrogens with one attached hydrogen (secondary N) is 2. The van der Waals surface area contributed by atoms with E-state index in [-0.39, 0.29) is 30.8 Å². The van der Waals surface area contributed by atoms with E-state index in [9.17, 15) is 14.7 Å². The molecule has 5 heteroatoms. The third kappa shape index (κ3) is 5.48. The summed E-state index contributed by atoms with van der Waals surface area (Å²) in [5, 5.41) is 15.2. The first-order valence-electron chi connectivity index (χ1n) is 7.78. The number of rotatable bonds is 8. The van der Waals surface area contributed by atoms with Gasteiger partial charge in [0.1, 0.15) is 0 Å². The molecule has 0 aliphatic heterocycles. The molecule has 0 aliphatic rings. The molecule has 1 aromatic carbocycles. The van der Waals surface area contributed by atoms with Crippen LogP contribution in [0.4, 0.5) is 0 Å². The van der Waals surface area contributed by atoms with Gasteiger partial charge < -0.3 is 15.7 Å². The summed E-state index contributed by atoms with van der Waals surface area (Å²) >= 11 is 0. The van der Waals surface area contributed by atoms with Gasteiger partial charge in [0.25, 0.3) is 5.91 Å². The second-order valence-electron chi connectivity index (χ2n) is 5.45. The molecular weight excluding hydrogens is 280 g/mol. The number of amides is 2. The molecule has 1 aromatic rings. The minimum absolute atomic E-state index is 0.0944. The van der Waals surface area contributed by atoms with Crippen LogP contribution in [-0.2, 0) is 4.79 Å². The van der Waals surface area contributed by atoms with Crippen LogP contribution in [0.3, 0.4) is 0 Å². The lowest BCUT2D eigenvalue weighted by atomic mass is 9.96. The summed E-state index contributed by atoms with van der Waals surface area (Å²) in [6.45, 7) is 6.00. The van der Waals surface area contributed by atoms with Crippen LogP contribution in [0.5, 0.6) is 0 Å². The number of carbonyl (C=O) groups is 2. The van der Waals surface area contributed by atoms with E-state index in [1.165, 1.54) is 0 Å². The number of benzene rings is 1. The van der Waals surface area contributed by atoms with Gasteiger partial charge in [0.05, 0.1) is 12.6 Å². The van der Waals surface area contributed by atoms with Crippen LogP contribution in [0, 0.1) is 12.8 Å². The summed E-state index contributed by atoms with van der Waals surface area (Å²) < 4.78 is 0. The first-order valence-corrected chi connectivity index (χ1v) is 7.78. The molecule has 0 radical (unpaired) electrons. The van der Waals surface area contributed by atoms with Gasteiger partial charge in [0, 0.05) is 12.1 Å². The highest BCUT2D eigenvalue weighted by Gasteiger charge is 2.16. The van der Waals surface area contributed by atoms with E-state index in [0.29, 0.717) is 5.56 Å². The maximum Gasteiger partial charge on any atom is 0.251 e. The second kappa shape index (κ2) is 9.20. The predicted octanol–water partition coefficient (Wildman–Crippen LogP) is 1.64. The summed E-state index contributed by atoms with van der Waals surface area (Å²) in [6, 6.07) is 7.21. The summed E-state index contributed by atoms with van der Waals surface area (Å²) in [5.74, 6) is -0.386. The number of hydrogen-bond acceptors (Lipinski definition) is 3. The summed E-state index contributed by atoms with van der Waals surface area (Å²) in [6.07, 6.45) is 1.20. The van der Waals surface area contributed by atoms with Crippen LogP contribution in [-0.4, -0.2) is 36.1 Å². The Morgan fingerprint density at radius 3 is 2.36 bits per heavy atom. The van der Waals surface area contributed by atoms with E-state index in [2.05, 4.69) is 10.6 Å². The smallest absolute Gasteiger partial charge is 0.251 e. The number of carbonyl (C=O) groups excluding carboxylic acids is 2. The third-order valence-corrected chi connectivity index (χ3v) is 3.90. The zero-order chi connectivity index (χ0) is 16.5. The van der Waals surface area contributed by atoms with Crippen molar-refractivity contribution in [3.63, 3.8) is 0 Å². The lowest BCUT2D eigenvalue weighted by molar-refractivity contribution is -0.120. The van der Waals surface area contributed by atoms with Gasteiger partial charge in [0.15, 0.2) is 0 Å². The van der Waals surface area contributed by atoms with E-state index in [1.807, 2.05) is 32.9 Å². The Balaban J connectivity index is 2.37. The molecule has 0 spiro atoms. The minimum atomic E-state index is -0.550. The van der Waals surface area contributed by atoms with Crippen molar-refractivity contribution >= 4 is 11.8 Å². The fourth-order valence-electron chi connectivity index (χ4n) is 2.36. The zero-order valence-corrected chi connectivity index (χ0v) is 13.6. The van der Waals surface area contributed by atoms with E-state index >= 15 is 0 Å². The minimum Gasteiger partial charge on any atom is -0.391 e. The zero-order valence-electron chi connectivity index (χ0n) is 13.6. The van der Waals surface area contributed by atoms with Crippen LogP contribution in [0.15, 0.2) is 24.3 Å². The first-order chi connectivity index (χ1) is 10.5. The van der Waals surface area contributed by atoms with E-state index in [1.54, 1.807) is 12.1 Å². The molecule has 0 fully saturated rings. The third-order valence-electron chi connectivity index (χ3n) is 3.90. The fourth-order valence-corrected chi connectivity index (χ4v) is 2.36. The van der Waals surface area contributed by atoms with Crippen molar-refractivity contribution < 1.29 is 14.7 Å². The van der Waals surface area contributed by atoms with Crippen LogP contribution < -0.4 is 10.6 Å². The van der Waals surface area contributed by atoms with Gasteiger partial charge in [-0.2, -0.15) is 0 Å². The molecule has 0 aromatic heterocycles. The van der Waals surface area contributed by atoms with Crippen molar-refractivity contribution in [3.05, 3.63) is 35.4 Å². The molecule has 1 rings (SSSR count). The summed E-state index contributed by atoms with van der Waals surface area (Å²) in [4.78, 5) is 23.7. The highest BCUT2D eigenvalue weighted by Crippen LogP contribution is 2.12. The molecule has 1 atom stereocenters. The normalized spacial score (nSPS) is 12.0. The van der Waals surface area contributed by atoms with Crippen LogP contribution >= 0.6 is 0 Å². The molecule has 0 aliphatic carbocycles. The Bertz CT molecular complexity index is 498. The summed E-state index contributed by atoms with van der Waals surface area (Å²) in [7, 11) is 0. The lowest BCUT2D eigenvalue weighted by Gasteiger charge is -2.20. The van der Waals surface area contributed by atoms with Crippen molar-refractivity contribution in [1.29, 1.82) is 0 Å². The van der Waals surface area contributed by atoms with Gasteiger partial charge >= 0.3 is 0 Å². The lowest BCUT2D eigenvalue weighted by Crippen LogP contribution is -2.41. The van der Waals surface area contributed by atoms with Crippen LogP contribution in [0.1, 0.15) is 42.6 Å². The number of aryl methyl sites for hydroxylation is 1. The Labute approximate surface area is 132 Å². The number of hydrogen-bond donors (Lipinski definition) is 3. The van der Waals surface area contributed by atoms with Crippen molar-refractivity contribution in [2.75, 3.05) is 13.1 Å². The standard InChI is InChI=1S/C17H26N2O3/c1-4-13(5-2)15(20)10-18-16(21)11-19-17(22)14-9-7-6-8-12(14)3/h6-9,13,15,20H,4-5,10-11H2,1-3H3,(H,18,21)(H,19,22). The Morgan fingerprint density at radius 1 is 1.14 bits per heavy atom. The Morgan fingerprint density at radius 2 is 1.77 bits per heavy atom. The summed E-state index contributed by atoms with van der Waals surface area (Å²) in [5.41, 5.74) is 1.43. The highest BCUT2D eigenvalue weighted by atomic mass is 16.3. The molecule has 2 amide bonds. The SMILES string of the molecule is CCC(CC)C(O)CNC(=O)CNC(=O)c1ccccc1C. The number of aliphatic hydroxyl groups excluding tert-OH is 1. The van der Waals surface area contributed by atoms with Gasteiger partial charge in [-0.05, 0) is 24.5 Å². The quantitative estimate of drug-likeness (QED) is 0.683. The van der Waals surface area contributed by atoms with E-state index in [0.717, 1.165) is 18.4 Å². The van der Waals surface area contributed by atoms with E-state index < -0.39 is 6.10 Å². The average Bonchev–Trinajstić information content (AvgIpc) is 2.52. The molecule has 3 N–H and O–H groups in total. The van der Waals surface area contributed by atoms with Crippen molar-refractivity contribution in [2.45, 2.75) is 39.7 Å². The molecule has 122 valence electrons. The number of aliphatic hydroxyl groups is 1. The Kier molecular flexibility index (Phi) is 7.60. The second-order valence-corrected chi connectivity index (χ2v) is 5.45. The van der Waals surface area contributed by atoms with Crippen LogP contribution in [0.25, 0.3) is 0 Å². The Hall–Kier alpha value is -1.88. The van der Waals surface area contributed by atoms with Crippen LogP contribution in [0.2, 0.25) is 0 Å². The molecule has 1 unspecified atom stereocenters. The van der Waals surface area contributed by atoms with Gasteiger partial charge in [-0.1, -0.05) is 44.9 Å². The molecule has 0 bridgehead atoms. The van der Waals surface area contributed by atoms with Gasteiger partial charge in [-0.15, -0.1) is 0 Å².